The fourth-order valence-electron chi connectivity index (χ4n) is 6.86. The number of carbonyl (C=O) groups excluding carboxylic acids is 2. The zero-order chi connectivity index (χ0) is 50.2. The molecule has 69 heavy (non-hydrogen) atoms. The minimum absolute atomic E-state index is 0.0406. The Kier molecular flexibility index (Phi) is 51.0. The van der Waals surface area contributed by atoms with E-state index in [1.807, 2.05) is 0 Å². The molecule has 0 rings (SSSR count). The monoisotopic (exact) mass is 980 g/mol. The second-order valence-electron chi connectivity index (χ2n) is 17.4. The molecule has 0 aliphatic rings. The molecular formula is C59H98NO8P. The number of carbonyl (C=O) groups is 2. The summed E-state index contributed by atoms with van der Waals surface area (Å²) in [4.78, 5) is 35.1. The van der Waals surface area contributed by atoms with Gasteiger partial charge in [0.1, 0.15) is 6.61 Å². The number of phosphoric acid groups is 1. The molecule has 0 aromatic carbocycles. The van der Waals surface area contributed by atoms with E-state index in [2.05, 4.69) is 135 Å². The molecule has 2 unspecified atom stereocenters. The maximum Gasteiger partial charge on any atom is 0.472 e. The van der Waals surface area contributed by atoms with Crippen molar-refractivity contribution in [3.63, 3.8) is 0 Å². The van der Waals surface area contributed by atoms with Crippen molar-refractivity contribution in [2.45, 2.75) is 213 Å². The molecule has 0 radical (unpaired) electrons. The zero-order valence-corrected chi connectivity index (χ0v) is 44.4. The Morgan fingerprint density at radius 2 is 0.797 bits per heavy atom. The van der Waals surface area contributed by atoms with E-state index in [4.69, 9.17) is 24.3 Å². The van der Waals surface area contributed by atoms with Gasteiger partial charge in [0.25, 0.3) is 0 Å². The summed E-state index contributed by atoms with van der Waals surface area (Å²) >= 11 is 0. The summed E-state index contributed by atoms with van der Waals surface area (Å²) in [5.74, 6) is -0.880. The van der Waals surface area contributed by atoms with Gasteiger partial charge in [-0.15, -0.1) is 0 Å². The quantitative estimate of drug-likeness (QED) is 0.0264. The second-order valence-corrected chi connectivity index (χ2v) is 18.8. The van der Waals surface area contributed by atoms with Crippen LogP contribution in [0.1, 0.15) is 206 Å². The molecule has 0 aliphatic carbocycles. The number of hydrogen-bond acceptors (Lipinski definition) is 8. The molecule has 2 atom stereocenters. The number of allylic oxidation sites excluding steroid dienone is 20. The van der Waals surface area contributed by atoms with Gasteiger partial charge in [0.2, 0.25) is 0 Å². The van der Waals surface area contributed by atoms with E-state index in [1.165, 1.54) is 64.2 Å². The predicted octanol–water partition coefficient (Wildman–Crippen LogP) is 16.8. The second kappa shape index (κ2) is 53.8. The van der Waals surface area contributed by atoms with Gasteiger partial charge in [-0.3, -0.25) is 18.6 Å². The van der Waals surface area contributed by atoms with Gasteiger partial charge in [-0.05, 0) is 109 Å². The Labute approximate surface area is 421 Å². The smallest absolute Gasteiger partial charge is 0.462 e. The molecule has 0 aliphatic heterocycles. The molecule has 0 heterocycles. The molecule has 0 saturated heterocycles. The lowest BCUT2D eigenvalue weighted by Gasteiger charge is -2.19. The molecule has 3 N–H and O–H groups in total. The molecule has 0 aromatic rings. The van der Waals surface area contributed by atoms with Gasteiger partial charge in [-0.1, -0.05) is 206 Å². The van der Waals surface area contributed by atoms with E-state index in [9.17, 15) is 19.0 Å². The number of phosphoric ester groups is 1. The fraction of sp³-hybridized carbons (Fsp3) is 0.627. The summed E-state index contributed by atoms with van der Waals surface area (Å²) < 4.78 is 32.9. The molecule has 0 saturated carbocycles. The van der Waals surface area contributed by atoms with Crippen molar-refractivity contribution >= 4 is 19.8 Å². The Morgan fingerprint density at radius 3 is 1.22 bits per heavy atom. The van der Waals surface area contributed by atoms with Crippen LogP contribution in [0.5, 0.6) is 0 Å². The van der Waals surface area contributed by atoms with E-state index in [0.29, 0.717) is 6.42 Å². The molecule has 0 fully saturated rings. The zero-order valence-electron chi connectivity index (χ0n) is 43.5. The molecule has 0 amide bonds. The molecular weight excluding hydrogens is 882 g/mol. The Bertz CT molecular complexity index is 1540. The normalized spacial score (nSPS) is 14.1. The van der Waals surface area contributed by atoms with Crippen LogP contribution in [-0.4, -0.2) is 49.3 Å². The van der Waals surface area contributed by atoms with Gasteiger partial charge < -0.3 is 20.1 Å². The molecule has 0 aromatic heterocycles. The summed E-state index contributed by atoms with van der Waals surface area (Å²) in [6.07, 6.45) is 73.8. The molecule has 392 valence electrons. The fourth-order valence-corrected chi connectivity index (χ4v) is 7.62. The number of rotatable bonds is 49. The first-order chi connectivity index (χ1) is 33.8. The van der Waals surface area contributed by atoms with Crippen LogP contribution in [0.4, 0.5) is 0 Å². The summed E-state index contributed by atoms with van der Waals surface area (Å²) in [6.45, 7) is 3.56. The van der Waals surface area contributed by atoms with Crippen molar-refractivity contribution < 1.29 is 37.6 Å². The minimum Gasteiger partial charge on any atom is -0.462 e. The number of unbranched alkanes of at least 4 members (excludes halogenated alkanes) is 16. The van der Waals surface area contributed by atoms with Crippen LogP contribution >= 0.6 is 7.82 Å². The lowest BCUT2D eigenvalue weighted by molar-refractivity contribution is -0.161. The first-order valence-corrected chi connectivity index (χ1v) is 28.5. The van der Waals surface area contributed by atoms with Gasteiger partial charge in [0, 0.05) is 19.4 Å². The summed E-state index contributed by atoms with van der Waals surface area (Å²) in [6, 6.07) is 0. The minimum atomic E-state index is -4.40. The summed E-state index contributed by atoms with van der Waals surface area (Å²) in [5.41, 5.74) is 5.37. The molecule has 10 heteroatoms. The van der Waals surface area contributed by atoms with Crippen LogP contribution in [0.15, 0.2) is 122 Å². The third kappa shape index (κ3) is 53.6. The predicted molar refractivity (Wildman–Crippen MR) is 293 cm³/mol. The summed E-state index contributed by atoms with van der Waals surface area (Å²) in [7, 11) is -4.40. The molecule has 0 spiro atoms. The first-order valence-electron chi connectivity index (χ1n) is 27.0. The Balaban J connectivity index is 4.15. The highest BCUT2D eigenvalue weighted by atomic mass is 31.2. The number of esters is 2. The van der Waals surface area contributed by atoms with Gasteiger partial charge in [-0.25, -0.2) is 4.57 Å². The number of hydrogen-bond donors (Lipinski definition) is 2. The number of ether oxygens (including phenoxy) is 2. The first kappa shape index (κ1) is 65.4. The molecule has 0 bridgehead atoms. The van der Waals surface area contributed by atoms with Gasteiger partial charge in [-0.2, -0.15) is 0 Å². The maximum atomic E-state index is 12.7. The SMILES string of the molecule is CC/C=C\C/C=C\C/C=C\C/C=C\C/C=C\C/C=C\C/C=C\C/C=C\C/C=C\CCCCCC(=O)OC(COC(=O)CCCCCCCCC/C=C\CCCCCCCC)COP(=O)(O)OCCN. The van der Waals surface area contributed by atoms with Gasteiger partial charge in [0.15, 0.2) is 6.10 Å². The van der Waals surface area contributed by atoms with Crippen LogP contribution < -0.4 is 5.73 Å². The average molecular weight is 980 g/mol. The molecule has 9 nitrogen and oxygen atoms in total. The topological polar surface area (TPSA) is 134 Å². The Hall–Kier alpha value is -3.59. The lowest BCUT2D eigenvalue weighted by Crippen LogP contribution is -2.29. The van der Waals surface area contributed by atoms with Crippen LogP contribution in [0, 0.1) is 0 Å². The number of nitrogens with two attached hydrogens (primary N) is 1. The third-order valence-electron chi connectivity index (χ3n) is 10.8. The van der Waals surface area contributed by atoms with Gasteiger partial charge in [0.05, 0.1) is 13.2 Å². The highest BCUT2D eigenvalue weighted by molar-refractivity contribution is 7.47. The van der Waals surface area contributed by atoms with E-state index in [0.717, 1.165) is 109 Å². The highest BCUT2D eigenvalue weighted by Crippen LogP contribution is 2.43. The van der Waals surface area contributed by atoms with Crippen molar-refractivity contribution in [2.75, 3.05) is 26.4 Å². The van der Waals surface area contributed by atoms with Crippen molar-refractivity contribution in [3.8, 4) is 0 Å². The lowest BCUT2D eigenvalue weighted by atomic mass is 10.1. The average Bonchev–Trinajstić information content (AvgIpc) is 3.34. The van der Waals surface area contributed by atoms with Crippen LogP contribution in [0.25, 0.3) is 0 Å². The van der Waals surface area contributed by atoms with Crippen molar-refractivity contribution in [1.29, 1.82) is 0 Å². The largest absolute Gasteiger partial charge is 0.472 e. The van der Waals surface area contributed by atoms with Crippen LogP contribution in [0.3, 0.4) is 0 Å². The van der Waals surface area contributed by atoms with E-state index in [1.54, 1.807) is 0 Å². The van der Waals surface area contributed by atoms with Crippen LogP contribution in [0.2, 0.25) is 0 Å². The van der Waals surface area contributed by atoms with Crippen LogP contribution in [-0.2, 0) is 32.7 Å². The van der Waals surface area contributed by atoms with E-state index in [-0.39, 0.29) is 32.6 Å². The maximum absolute atomic E-state index is 12.7. The van der Waals surface area contributed by atoms with Crippen molar-refractivity contribution in [2.24, 2.45) is 5.73 Å². The van der Waals surface area contributed by atoms with E-state index >= 15 is 0 Å². The standard InChI is InChI=1S/C59H98NO8P/c1-3-5-7-9-11-13-15-17-19-21-22-23-24-25-26-27-28-29-30-31-32-33-34-36-38-40-42-44-46-48-50-52-59(62)68-57(56-67-69(63,64)66-54-53-60)55-65-58(61)51-49-47-45-43-41-39-37-35-20-18-16-14-12-10-8-6-4-2/h5,7,11,13,17-20,22-23,25-26,28-29,31-32,34,36,40,42,57H,3-4,6,8-10,12,14-16,21,24,27,30,33,35,37-39,41,43-56,60H2,1-2H3,(H,63,64)/b7-5-,13-11-,19-17-,20-18-,23-22-,26-25-,29-28-,32-31-,36-34-,42-40-. The van der Waals surface area contributed by atoms with E-state index < -0.39 is 32.5 Å². The highest BCUT2D eigenvalue weighted by Gasteiger charge is 2.26. The van der Waals surface area contributed by atoms with Crippen molar-refractivity contribution in [3.05, 3.63) is 122 Å². The Morgan fingerprint density at radius 1 is 0.449 bits per heavy atom. The van der Waals surface area contributed by atoms with Gasteiger partial charge >= 0.3 is 19.8 Å². The summed E-state index contributed by atoms with van der Waals surface area (Å²) in [5, 5.41) is 0. The van der Waals surface area contributed by atoms with Crippen molar-refractivity contribution in [1.82, 2.24) is 0 Å². The third-order valence-corrected chi connectivity index (χ3v) is 11.8.